The van der Waals surface area contributed by atoms with E-state index in [1.54, 1.807) is 4.90 Å². The molecule has 1 aliphatic rings. The van der Waals surface area contributed by atoms with Gasteiger partial charge in [-0.15, -0.1) is 0 Å². The van der Waals surface area contributed by atoms with Crippen LogP contribution in [0.25, 0.3) is 11.8 Å². The van der Waals surface area contributed by atoms with E-state index < -0.39 is 0 Å². The third kappa shape index (κ3) is 3.68. The van der Waals surface area contributed by atoms with E-state index in [1.807, 2.05) is 36.4 Å². The lowest BCUT2D eigenvalue weighted by molar-refractivity contribution is -0.113. The highest BCUT2D eigenvalue weighted by molar-refractivity contribution is 9.10. The molecule has 0 spiro atoms. The molecule has 0 bridgehead atoms. The number of thiocarbonyl (C=S) groups is 1. The van der Waals surface area contributed by atoms with E-state index in [0.29, 0.717) is 9.23 Å². The van der Waals surface area contributed by atoms with Crippen molar-refractivity contribution in [1.82, 2.24) is 4.57 Å². The average Bonchev–Trinajstić information content (AvgIpc) is 3.14. The van der Waals surface area contributed by atoms with E-state index in [0.717, 1.165) is 32.8 Å². The lowest BCUT2D eigenvalue weighted by atomic mass is 10.1. The zero-order chi connectivity index (χ0) is 21.6. The van der Waals surface area contributed by atoms with Crippen LogP contribution in [0, 0.1) is 27.7 Å². The monoisotopic (exact) mass is 496 g/mol. The zero-order valence-electron chi connectivity index (χ0n) is 17.2. The minimum atomic E-state index is -0.0728. The highest BCUT2D eigenvalue weighted by atomic mass is 79.9. The van der Waals surface area contributed by atoms with Gasteiger partial charge in [-0.25, -0.2) is 0 Å². The number of hydrogen-bond acceptors (Lipinski definition) is 3. The molecule has 3 nitrogen and oxygen atoms in total. The van der Waals surface area contributed by atoms with E-state index in [9.17, 15) is 4.79 Å². The summed E-state index contributed by atoms with van der Waals surface area (Å²) < 4.78 is 3.93. The molecule has 0 radical (unpaired) electrons. The Balaban J connectivity index is 1.73. The van der Waals surface area contributed by atoms with E-state index in [1.165, 1.54) is 22.9 Å². The number of carbonyl (C=O) groups excluding carboxylic acids is 1. The van der Waals surface area contributed by atoms with Crippen molar-refractivity contribution in [3.8, 4) is 5.69 Å². The number of benzene rings is 2. The first-order valence-corrected chi connectivity index (χ1v) is 11.6. The summed E-state index contributed by atoms with van der Waals surface area (Å²) in [5.41, 5.74) is 7.57. The molecule has 0 atom stereocenters. The number of amides is 1. The molecule has 1 aliphatic heterocycles. The van der Waals surface area contributed by atoms with Crippen LogP contribution in [0.1, 0.15) is 28.1 Å². The summed E-state index contributed by atoms with van der Waals surface area (Å²) >= 11 is 10.5. The summed E-state index contributed by atoms with van der Waals surface area (Å²) in [4.78, 5) is 15.3. The van der Waals surface area contributed by atoms with Gasteiger partial charge in [0.1, 0.15) is 0 Å². The molecule has 1 aromatic heterocycles. The number of carbonyl (C=O) groups is 1. The number of halogens is 1. The predicted molar refractivity (Wildman–Crippen MR) is 135 cm³/mol. The van der Waals surface area contributed by atoms with Crippen molar-refractivity contribution in [1.29, 1.82) is 0 Å². The van der Waals surface area contributed by atoms with Gasteiger partial charge in [0.2, 0.25) is 0 Å². The minimum Gasteiger partial charge on any atom is -0.318 e. The van der Waals surface area contributed by atoms with Gasteiger partial charge in [0, 0.05) is 21.5 Å². The summed E-state index contributed by atoms with van der Waals surface area (Å²) in [5, 5.41) is 0. The Morgan fingerprint density at radius 2 is 1.60 bits per heavy atom. The fourth-order valence-corrected chi connectivity index (χ4v) is 5.31. The molecule has 1 amide bonds. The van der Waals surface area contributed by atoms with Crippen molar-refractivity contribution < 1.29 is 4.79 Å². The minimum absolute atomic E-state index is 0.0728. The number of nitrogens with zero attached hydrogens (tertiary/aromatic N) is 2. The van der Waals surface area contributed by atoms with Crippen LogP contribution in [-0.4, -0.2) is 14.8 Å². The summed E-state index contributed by atoms with van der Waals surface area (Å²) in [5.74, 6) is -0.0728. The van der Waals surface area contributed by atoms with E-state index in [2.05, 4.69) is 66.4 Å². The first-order valence-electron chi connectivity index (χ1n) is 9.57. The summed E-state index contributed by atoms with van der Waals surface area (Å²) in [6.07, 6.45) is 1.96. The van der Waals surface area contributed by atoms with Gasteiger partial charge in [0.25, 0.3) is 5.91 Å². The number of para-hydroxylation sites is 1. The molecule has 0 saturated carbocycles. The average molecular weight is 497 g/mol. The van der Waals surface area contributed by atoms with Crippen LogP contribution in [0.3, 0.4) is 0 Å². The Labute approximate surface area is 194 Å². The van der Waals surface area contributed by atoms with Gasteiger partial charge >= 0.3 is 0 Å². The van der Waals surface area contributed by atoms with Crippen LogP contribution in [0.15, 0.2) is 57.9 Å². The molecule has 0 unspecified atom stereocenters. The Hall–Kier alpha value is -2.15. The van der Waals surface area contributed by atoms with Crippen LogP contribution in [-0.2, 0) is 4.79 Å². The zero-order valence-corrected chi connectivity index (χ0v) is 20.4. The van der Waals surface area contributed by atoms with Gasteiger partial charge in [-0.2, -0.15) is 0 Å². The topological polar surface area (TPSA) is 25.2 Å². The van der Waals surface area contributed by atoms with Crippen LogP contribution in [0.5, 0.6) is 0 Å². The number of aryl methyl sites for hydroxylation is 3. The molecule has 4 rings (SSSR count). The second kappa shape index (κ2) is 8.17. The SMILES string of the molecule is Cc1cc(-n2c(C)cc(/C=C3\SC(=S)N(c4ccccc4)C3=O)c2C)cc(C)c1Br. The van der Waals surface area contributed by atoms with Gasteiger partial charge < -0.3 is 4.57 Å². The van der Waals surface area contributed by atoms with E-state index in [-0.39, 0.29) is 5.91 Å². The number of anilines is 1. The highest BCUT2D eigenvalue weighted by Gasteiger charge is 2.33. The Bertz CT molecular complexity index is 1190. The largest absolute Gasteiger partial charge is 0.318 e. The fraction of sp³-hybridized carbons (Fsp3) is 0.167. The lowest BCUT2D eigenvalue weighted by Gasteiger charge is -2.14. The van der Waals surface area contributed by atoms with Gasteiger partial charge in [-0.05, 0) is 80.8 Å². The second-order valence-electron chi connectivity index (χ2n) is 7.41. The molecule has 2 aromatic carbocycles. The molecule has 152 valence electrons. The molecule has 30 heavy (non-hydrogen) atoms. The fourth-order valence-electron chi connectivity index (χ4n) is 3.79. The van der Waals surface area contributed by atoms with Crippen molar-refractivity contribution >= 4 is 61.9 Å². The quantitative estimate of drug-likeness (QED) is 0.291. The normalized spacial score (nSPS) is 15.5. The molecule has 0 aliphatic carbocycles. The van der Waals surface area contributed by atoms with Crippen molar-refractivity contribution in [2.24, 2.45) is 0 Å². The number of aromatic nitrogens is 1. The third-order valence-electron chi connectivity index (χ3n) is 5.24. The maximum absolute atomic E-state index is 13.1. The van der Waals surface area contributed by atoms with Gasteiger partial charge in [-0.3, -0.25) is 9.69 Å². The van der Waals surface area contributed by atoms with Crippen LogP contribution >= 0.6 is 39.9 Å². The summed E-state index contributed by atoms with van der Waals surface area (Å²) in [7, 11) is 0. The number of hydrogen-bond donors (Lipinski definition) is 0. The molecular formula is C24H21BrN2OS2. The molecule has 2 heterocycles. The standard InChI is InChI=1S/C24H21BrN2OS2/c1-14-10-20(11-15(2)22(14)25)26-16(3)12-18(17(26)4)13-21-23(28)27(24(29)30-21)19-8-6-5-7-9-19/h5-13H,1-4H3/b21-13-. The van der Waals surface area contributed by atoms with Crippen LogP contribution in [0.2, 0.25) is 0 Å². The summed E-state index contributed by atoms with van der Waals surface area (Å²) in [6.45, 7) is 8.38. The van der Waals surface area contributed by atoms with Crippen molar-refractivity contribution in [3.05, 3.63) is 86.0 Å². The predicted octanol–water partition coefficient (Wildman–Crippen LogP) is 6.88. The molecule has 3 aromatic rings. The maximum Gasteiger partial charge on any atom is 0.270 e. The Morgan fingerprint density at radius 3 is 2.23 bits per heavy atom. The number of rotatable bonds is 3. The maximum atomic E-state index is 13.1. The summed E-state index contributed by atoms with van der Waals surface area (Å²) in [6, 6.07) is 16.0. The third-order valence-corrected chi connectivity index (χ3v) is 7.80. The molecule has 1 fully saturated rings. The second-order valence-corrected chi connectivity index (χ2v) is 9.88. The molecule has 1 saturated heterocycles. The number of thioether (sulfide) groups is 1. The highest BCUT2D eigenvalue weighted by Crippen LogP contribution is 2.37. The van der Waals surface area contributed by atoms with Crippen LogP contribution < -0.4 is 4.90 Å². The van der Waals surface area contributed by atoms with Crippen molar-refractivity contribution in [2.45, 2.75) is 27.7 Å². The van der Waals surface area contributed by atoms with Crippen molar-refractivity contribution in [3.63, 3.8) is 0 Å². The smallest absolute Gasteiger partial charge is 0.270 e. The Morgan fingerprint density at radius 1 is 0.967 bits per heavy atom. The first-order chi connectivity index (χ1) is 14.3. The van der Waals surface area contributed by atoms with Crippen molar-refractivity contribution in [2.75, 3.05) is 4.90 Å². The molecule has 6 heteroatoms. The van der Waals surface area contributed by atoms with E-state index in [4.69, 9.17) is 12.2 Å². The lowest BCUT2D eigenvalue weighted by Crippen LogP contribution is -2.27. The Kier molecular flexibility index (Phi) is 5.75. The van der Waals surface area contributed by atoms with Gasteiger partial charge in [0.15, 0.2) is 4.32 Å². The molecular weight excluding hydrogens is 476 g/mol. The molecule has 0 N–H and O–H groups in total. The van der Waals surface area contributed by atoms with Crippen LogP contribution in [0.4, 0.5) is 5.69 Å². The first kappa shape index (κ1) is 21.1. The van der Waals surface area contributed by atoms with Gasteiger partial charge in [0.05, 0.1) is 10.6 Å². The van der Waals surface area contributed by atoms with Gasteiger partial charge in [-0.1, -0.05) is 58.1 Å². The van der Waals surface area contributed by atoms with E-state index >= 15 is 0 Å².